The molecule has 4 atom stereocenters. The summed E-state index contributed by atoms with van der Waals surface area (Å²) < 4.78 is 19.6. The molecule has 2 saturated heterocycles. The number of hydrogen-bond donors (Lipinski definition) is 2. The Morgan fingerprint density at radius 1 is 0.757 bits per heavy atom. The minimum atomic E-state index is -0.721. The molecular weight excluding hydrogens is 464 g/mol. The number of aliphatic hydroxyl groups is 2. The molecule has 3 aromatic carbocycles. The van der Waals surface area contributed by atoms with Crippen molar-refractivity contribution in [2.45, 2.75) is 68.0 Å². The van der Waals surface area contributed by atoms with Gasteiger partial charge in [-0.3, -0.25) is 0 Å². The molecule has 37 heavy (non-hydrogen) atoms. The van der Waals surface area contributed by atoms with Gasteiger partial charge in [0, 0.05) is 19.6 Å². The van der Waals surface area contributed by atoms with Gasteiger partial charge in [-0.05, 0) is 48.8 Å². The lowest BCUT2D eigenvalue weighted by Gasteiger charge is -2.40. The normalized spacial score (nSPS) is 25.6. The Bertz CT molecular complexity index is 993. The topological polar surface area (TPSA) is 68.2 Å². The van der Waals surface area contributed by atoms with Gasteiger partial charge in [0.15, 0.2) is 0 Å². The third-order valence-corrected chi connectivity index (χ3v) is 7.92. The Balaban J connectivity index is 1.32. The fraction of sp³-hybridized carbons (Fsp3) is 0.438. The SMILES string of the molecule is OCCC1CC[C@@H]2O[C@@H](CCCOC(c3ccccc3)(c3ccccc3)c3ccccc3)CC2(CO)O1. The number of ether oxygens (including phenoxy) is 3. The van der Waals surface area contributed by atoms with Crippen LogP contribution in [-0.4, -0.2) is 53.9 Å². The molecule has 0 bridgehead atoms. The summed E-state index contributed by atoms with van der Waals surface area (Å²) in [5.41, 5.74) is 1.92. The molecule has 0 saturated carbocycles. The fourth-order valence-electron chi connectivity index (χ4n) is 6.13. The van der Waals surface area contributed by atoms with Crippen molar-refractivity contribution >= 4 is 0 Å². The van der Waals surface area contributed by atoms with Gasteiger partial charge in [-0.15, -0.1) is 0 Å². The maximum Gasteiger partial charge on any atom is 0.143 e. The van der Waals surface area contributed by atoms with Crippen molar-refractivity contribution in [3.05, 3.63) is 108 Å². The second-order valence-electron chi connectivity index (χ2n) is 10.3. The summed E-state index contributed by atoms with van der Waals surface area (Å²) in [5.74, 6) is 0. The first-order valence-corrected chi connectivity index (χ1v) is 13.6. The standard InChI is InChI=1S/C32H38O5/c33-21-20-28-18-19-30-31(24-34,37-28)23-29(36-30)17-10-22-35-32(25-11-4-1-5-12-25,26-13-6-2-7-14-26)27-15-8-3-9-16-27/h1-9,11-16,28-30,33-34H,10,17-24H2/t28?,29-,30-,31?/m0/s1. The maximum absolute atomic E-state index is 10.2. The van der Waals surface area contributed by atoms with E-state index < -0.39 is 11.2 Å². The lowest BCUT2D eigenvalue weighted by atomic mass is 9.80. The predicted molar refractivity (Wildman–Crippen MR) is 143 cm³/mol. The van der Waals surface area contributed by atoms with Crippen LogP contribution in [0.2, 0.25) is 0 Å². The zero-order chi connectivity index (χ0) is 25.6. The second kappa shape index (κ2) is 11.9. The summed E-state index contributed by atoms with van der Waals surface area (Å²) in [7, 11) is 0. The predicted octanol–water partition coefficient (Wildman–Crippen LogP) is 5.23. The zero-order valence-electron chi connectivity index (χ0n) is 21.4. The molecule has 2 unspecified atom stereocenters. The quantitative estimate of drug-likeness (QED) is 0.278. The summed E-state index contributed by atoms with van der Waals surface area (Å²) in [4.78, 5) is 0. The summed E-state index contributed by atoms with van der Waals surface area (Å²) in [6.45, 7) is 0.611. The summed E-state index contributed by atoms with van der Waals surface area (Å²) in [6.07, 6.45) is 4.58. The second-order valence-corrected chi connectivity index (χ2v) is 10.3. The van der Waals surface area contributed by atoms with Crippen LogP contribution in [0.5, 0.6) is 0 Å². The highest BCUT2D eigenvalue weighted by Crippen LogP contribution is 2.44. The minimum absolute atomic E-state index is 0.0117. The lowest BCUT2D eigenvalue weighted by molar-refractivity contribution is -0.185. The molecule has 5 heteroatoms. The van der Waals surface area contributed by atoms with Gasteiger partial charge >= 0.3 is 0 Å². The molecule has 196 valence electrons. The van der Waals surface area contributed by atoms with Crippen molar-refractivity contribution in [3.63, 3.8) is 0 Å². The van der Waals surface area contributed by atoms with Crippen molar-refractivity contribution in [2.75, 3.05) is 19.8 Å². The smallest absolute Gasteiger partial charge is 0.143 e. The summed E-state index contributed by atoms with van der Waals surface area (Å²) in [5, 5.41) is 19.6. The van der Waals surface area contributed by atoms with Gasteiger partial charge in [-0.25, -0.2) is 0 Å². The first-order chi connectivity index (χ1) is 18.2. The highest BCUT2D eigenvalue weighted by Gasteiger charge is 2.52. The van der Waals surface area contributed by atoms with Gasteiger partial charge in [-0.2, -0.15) is 0 Å². The van der Waals surface area contributed by atoms with Gasteiger partial charge < -0.3 is 24.4 Å². The van der Waals surface area contributed by atoms with Gasteiger partial charge in [0.1, 0.15) is 11.2 Å². The maximum atomic E-state index is 10.2. The monoisotopic (exact) mass is 502 g/mol. The Morgan fingerprint density at radius 3 is 1.84 bits per heavy atom. The van der Waals surface area contributed by atoms with E-state index >= 15 is 0 Å². The van der Waals surface area contributed by atoms with Crippen LogP contribution in [0.15, 0.2) is 91.0 Å². The van der Waals surface area contributed by atoms with Crippen molar-refractivity contribution in [2.24, 2.45) is 0 Å². The Hall–Kier alpha value is -2.54. The number of fused-ring (bicyclic) bond motifs is 1. The molecule has 2 N–H and O–H groups in total. The van der Waals surface area contributed by atoms with Crippen molar-refractivity contribution in [1.82, 2.24) is 0 Å². The number of benzene rings is 3. The average molecular weight is 503 g/mol. The highest BCUT2D eigenvalue weighted by molar-refractivity contribution is 5.47. The molecule has 2 heterocycles. The lowest BCUT2D eigenvalue weighted by Crippen LogP contribution is -2.51. The molecule has 2 aliphatic heterocycles. The van der Waals surface area contributed by atoms with E-state index in [0.29, 0.717) is 19.4 Å². The average Bonchev–Trinajstić information content (AvgIpc) is 3.33. The van der Waals surface area contributed by atoms with E-state index in [1.165, 1.54) is 0 Å². The number of aliphatic hydroxyl groups excluding tert-OH is 2. The molecule has 0 aliphatic carbocycles. The van der Waals surface area contributed by atoms with Gasteiger partial charge in [0.2, 0.25) is 0 Å². The molecule has 0 amide bonds. The molecule has 0 aromatic heterocycles. The third kappa shape index (κ3) is 5.38. The van der Waals surface area contributed by atoms with Crippen LogP contribution in [0.3, 0.4) is 0 Å². The van der Waals surface area contributed by atoms with E-state index in [-0.39, 0.29) is 31.5 Å². The van der Waals surface area contributed by atoms with E-state index in [4.69, 9.17) is 14.2 Å². The van der Waals surface area contributed by atoms with Crippen LogP contribution in [0.4, 0.5) is 0 Å². The van der Waals surface area contributed by atoms with Crippen LogP contribution >= 0.6 is 0 Å². The summed E-state index contributed by atoms with van der Waals surface area (Å²) >= 11 is 0. The molecule has 5 rings (SSSR count). The van der Waals surface area contributed by atoms with E-state index in [0.717, 1.165) is 42.4 Å². The number of rotatable bonds is 11. The van der Waals surface area contributed by atoms with Gasteiger partial charge in [0.25, 0.3) is 0 Å². The van der Waals surface area contributed by atoms with Crippen LogP contribution in [0, 0.1) is 0 Å². The van der Waals surface area contributed by atoms with E-state index in [1.807, 2.05) is 18.2 Å². The first kappa shape index (κ1) is 26.1. The summed E-state index contributed by atoms with van der Waals surface area (Å²) in [6, 6.07) is 31.3. The Morgan fingerprint density at radius 2 is 1.32 bits per heavy atom. The van der Waals surface area contributed by atoms with E-state index in [1.54, 1.807) is 0 Å². The van der Waals surface area contributed by atoms with E-state index in [9.17, 15) is 10.2 Å². The molecule has 0 radical (unpaired) electrons. The Kier molecular flexibility index (Phi) is 8.38. The van der Waals surface area contributed by atoms with Gasteiger partial charge in [0.05, 0.1) is 24.9 Å². The van der Waals surface area contributed by atoms with Crippen LogP contribution < -0.4 is 0 Å². The van der Waals surface area contributed by atoms with Gasteiger partial charge in [-0.1, -0.05) is 91.0 Å². The largest absolute Gasteiger partial charge is 0.396 e. The highest BCUT2D eigenvalue weighted by atomic mass is 16.6. The number of hydrogen-bond acceptors (Lipinski definition) is 5. The first-order valence-electron chi connectivity index (χ1n) is 13.6. The molecular formula is C32H38O5. The van der Waals surface area contributed by atoms with Crippen molar-refractivity contribution in [3.8, 4) is 0 Å². The molecule has 5 nitrogen and oxygen atoms in total. The third-order valence-electron chi connectivity index (χ3n) is 7.92. The molecule has 2 aliphatic rings. The molecule has 0 spiro atoms. The van der Waals surface area contributed by atoms with Crippen molar-refractivity contribution < 1.29 is 24.4 Å². The Labute approximate surface area is 220 Å². The van der Waals surface area contributed by atoms with Crippen LogP contribution in [0.1, 0.15) is 55.2 Å². The van der Waals surface area contributed by atoms with Crippen LogP contribution in [-0.2, 0) is 19.8 Å². The molecule has 2 fully saturated rings. The minimum Gasteiger partial charge on any atom is -0.396 e. The molecule has 3 aromatic rings. The zero-order valence-corrected chi connectivity index (χ0v) is 21.4. The fourth-order valence-corrected chi connectivity index (χ4v) is 6.13. The van der Waals surface area contributed by atoms with Crippen LogP contribution in [0.25, 0.3) is 0 Å². The van der Waals surface area contributed by atoms with Crippen molar-refractivity contribution in [1.29, 1.82) is 0 Å². The van der Waals surface area contributed by atoms with E-state index in [2.05, 4.69) is 72.8 Å².